The Kier molecular flexibility index (Phi) is 9.46. The highest BCUT2D eigenvalue weighted by atomic mass is 16.2. The molecule has 2 amide bonds. The molecule has 2 N–H and O–H groups in total. The number of carbonyl (C=O) groups is 2. The van der Waals surface area contributed by atoms with Gasteiger partial charge in [0.2, 0.25) is 5.91 Å². The average molecular weight is 575 g/mol. The van der Waals surface area contributed by atoms with Gasteiger partial charge in [0, 0.05) is 37.2 Å². The standard InChI is InChI=1S/C37H42N4O2/c42-36(32-19-18-28-11-7-8-16-31(28)25-32)38-26-33-20-24-41(37(43)35(39-33)17-9-21-40-22-10-23-40)27-34(29-12-3-1-4-13-29)30-14-5-2-6-15-30/h1-8,11-16,18-19,25,33-35,39H,9-10,17,20-24,26-27H2,(H,38,42)/t33-,35-/m0/s1. The van der Waals surface area contributed by atoms with Crippen molar-refractivity contribution >= 4 is 22.6 Å². The summed E-state index contributed by atoms with van der Waals surface area (Å²) in [5, 5.41) is 9.00. The van der Waals surface area contributed by atoms with Crippen molar-refractivity contribution in [3.63, 3.8) is 0 Å². The molecule has 43 heavy (non-hydrogen) atoms. The van der Waals surface area contributed by atoms with Gasteiger partial charge in [-0.25, -0.2) is 0 Å². The third kappa shape index (κ3) is 7.32. The number of nitrogens with zero attached hydrogens (tertiary/aromatic N) is 2. The summed E-state index contributed by atoms with van der Waals surface area (Å²) in [4.78, 5) is 31.8. The second kappa shape index (κ2) is 14.0. The minimum atomic E-state index is -0.265. The zero-order valence-corrected chi connectivity index (χ0v) is 24.8. The Balaban J connectivity index is 1.16. The van der Waals surface area contributed by atoms with Crippen LogP contribution in [0.25, 0.3) is 10.8 Å². The van der Waals surface area contributed by atoms with Gasteiger partial charge in [0.05, 0.1) is 6.04 Å². The van der Waals surface area contributed by atoms with E-state index >= 15 is 0 Å². The molecule has 0 bridgehead atoms. The predicted molar refractivity (Wildman–Crippen MR) is 173 cm³/mol. The number of rotatable bonds is 11. The van der Waals surface area contributed by atoms with E-state index < -0.39 is 0 Å². The van der Waals surface area contributed by atoms with Crippen LogP contribution in [0.1, 0.15) is 53.1 Å². The summed E-state index contributed by atoms with van der Waals surface area (Å²) in [5.74, 6) is 0.184. The summed E-state index contributed by atoms with van der Waals surface area (Å²) >= 11 is 0. The predicted octanol–water partition coefficient (Wildman–Crippen LogP) is 5.45. The highest BCUT2D eigenvalue weighted by Crippen LogP contribution is 2.27. The highest BCUT2D eigenvalue weighted by molar-refractivity contribution is 5.98. The second-order valence-corrected chi connectivity index (χ2v) is 12.0. The van der Waals surface area contributed by atoms with Gasteiger partial charge in [0.25, 0.3) is 5.91 Å². The van der Waals surface area contributed by atoms with Crippen LogP contribution in [0.15, 0.2) is 103 Å². The van der Waals surface area contributed by atoms with E-state index in [1.807, 2.05) is 48.5 Å². The highest BCUT2D eigenvalue weighted by Gasteiger charge is 2.33. The Morgan fingerprint density at radius 1 is 0.837 bits per heavy atom. The number of carbonyl (C=O) groups excluding carboxylic acids is 2. The monoisotopic (exact) mass is 574 g/mol. The van der Waals surface area contributed by atoms with Crippen LogP contribution in [0.3, 0.4) is 0 Å². The summed E-state index contributed by atoms with van der Waals surface area (Å²) in [5.41, 5.74) is 3.09. The lowest BCUT2D eigenvalue weighted by Crippen LogP contribution is -2.49. The van der Waals surface area contributed by atoms with Crippen molar-refractivity contribution in [3.8, 4) is 0 Å². The van der Waals surface area contributed by atoms with Crippen molar-refractivity contribution in [2.75, 3.05) is 39.3 Å². The lowest BCUT2D eigenvalue weighted by atomic mass is 9.90. The van der Waals surface area contributed by atoms with Gasteiger partial charge in [-0.05, 0) is 79.3 Å². The molecule has 4 aromatic rings. The van der Waals surface area contributed by atoms with E-state index in [4.69, 9.17) is 0 Å². The van der Waals surface area contributed by atoms with Crippen LogP contribution in [0, 0.1) is 0 Å². The number of hydrogen-bond acceptors (Lipinski definition) is 4. The maximum Gasteiger partial charge on any atom is 0.251 e. The summed E-state index contributed by atoms with van der Waals surface area (Å²) in [6.07, 6.45) is 3.83. The maximum absolute atomic E-state index is 14.1. The zero-order valence-electron chi connectivity index (χ0n) is 24.8. The fourth-order valence-electron chi connectivity index (χ4n) is 6.40. The molecule has 2 fully saturated rings. The van der Waals surface area contributed by atoms with Crippen LogP contribution in [-0.4, -0.2) is 73.0 Å². The number of nitrogens with one attached hydrogen (secondary N) is 2. The summed E-state index contributed by atoms with van der Waals surface area (Å²) in [7, 11) is 0. The lowest BCUT2D eigenvalue weighted by molar-refractivity contribution is -0.133. The fraction of sp³-hybridized carbons (Fsp3) is 0.351. The Labute approximate surface area is 255 Å². The van der Waals surface area contributed by atoms with E-state index in [0.29, 0.717) is 25.2 Å². The molecule has 2 aliphatic rings. The molecule has 6 rings (SSSR count). The van der Waals surface area contributed by atoms with Crippen LogP contribution in [0.5, 0.6) is 0 Å². The number of likely N-dealkylation sites (tertiary alicyclic amines) is 1. The normalized spacial score (nSPS) is 19.3. The summed E-state index contributed by atoms with van der Waals surface area (Å²) in [6, 6.07) is 34.7. The first kappa shape index (κ1) is 29.1. The third-order valence-corrected chi connectivity index (χ3v) is 9.04. The zero-order chi connectivity index (χ0) is 29.4. The smallest absolute Gasteiger partial charge is 0.251 e. The molecule has 0 aliphatic carbocycles. The maximum atomic E-state index is 14.1. The number of hydrogen-bond donors (Lipinski definition) is 2. The molecular weight excluding hydrogens is 532 g/mol. The molecule has 0 aromatic heterocycles. The SMILES string of the molecule is O=C(NC[C@@H]1CCN(CC(c2ccccc2)c2ccccc2)C(=O)[C@H](CCCN2CCC2)N1)c1ccc2ccccc2c1. The fourth-order valence-corrected chi connectivity index (χ4v) is 6.40. The number of fused-ring (bicyclic) bond motifs is 1. The Morgan fingerprint density at radius 2 is 1.51 bits per heavy atom. The van der Waals surface area contributed by atoms with E-state index in [9.17, 15) is 9.59 Å². The molecule has 4 aromatic carbocycles. The van der Waals surface area contributed by atoms with E-state index in [1.54, 1.807) is 0 Å². The Hall–Kier alpha value is -4.00. The van der Waals surface area contributed by atoms with Gasteiger partial charge in [-0.2, -0.15) is 0 Å². The van der Waals surface area contributed by atoms with Gasteiger partial charge >= 0.3 is 0 Å². The Morgan fingerprint density at radius 3 is 2.19 bits per heavy atom. The first-order valence-electron chi connectivity index (χ1n) is 15.8. The quantitative estimate of drug-likeness (QED) is 0.250. The van der Waals surface area contributed by atoms with Crippen molar-refractivity contribution in [2.45, 2.75) is 43.7 Å². The van der Waals surface area contributed by atoms with Gasteiger partial charge in [0.15, 0.2) is 0 Å². The van der Waals surface area contributed by atoms with Crippen molar-refractivity contribution in [1.29, 1.82) is 0 Å². The number of amides is 2. The largest absolute Gasteiger partial charge is 0.350 e. The topological polar surface area (TPSA) is 64.7 Å². The van der Waals surface area contributed by atoms with Crippen molar-refractivity contribution in [3.05, 3.63) is 120 Å². The second-order valence-electron chi connectivity index (χ2n) is 12.0. The molecule has 0 spiro atoms. The molecule has 0 radical (unpaired) electrons. The van der Waals surface area contributed by atoms with Crippen molar-refractivity contribution < 1.29 is 9.59 Å². The average Bonchev–Trinajstić information content (AvgIpc) is 3.18. The molecule has 2 aliphatic heterocycles. The van der Waals surface area contributed by atoms with Gasteiger partial charge in [-0.1, -0.05) is 91.0 Å². The van der Waals surface area contributed by atoms with E-state index in [0.717, 1.165) is 49.7 Å². The van der Waals surface area contributed by atoms with Crippen molar-refractivity contribution in [2.24, 2.45) is 0 Å². The molecule has 6 nitrogen and oxygen atoms in total. The van der Waals surface area contributed by atoms with Crippen molar-refractivity contribution in [1.82, 2.24) is 20.4 Å². The van der Waals surface area contributed by atoms with E-state index in [1.165, 1.54) is 17.5 Å². The Bertz CT molecular complexity index is 1470. The molecule has 2 heterocycles. The molecule has 6 heteroatoms. The van der Waals surface area contributed by atoms with Crippen LogP contribution in [0.2, 0.25) is 0 Å². The lowest BCUT2D eigenvalue weighted by Gasteiger charge is -2.32. The molecule has 0 saturated carbocycles. The van der Waals surface area contributed by atoms with Crippen LogP contribution in [-0.2, 0) is 4.79 Å². The van der Waals surface area contributed by atoms with Crippen LogP contribution < -0.4 is 10.6 Å². The van der Waals surface area contributed by atoms with Gasteiger partial charge in [-0.3, -0.25) is 9.59 Å². The first-order valence-corrected chi connectivity index (χ1v) is 15.8. The van der Waals surface area contributed by atoms with Gasteiger partial charge in [0.1, 0.15) is 0 Å². The minimum Gasteiger partial charge on any atom is -0.350 e. The molecular formula is C37H42N4O2. The van der Waals surface area contributed by atoms with Gasteiger partial charge in [-0.15, -0.1) is 0 Å². The molecule has 0 unspecified atom stereocenters. The summed E-state index contributed by atoms with van der Waals surface area (Å²) in [6.45, 7) is 5.13. The first-order chi connectivity index (χ1) is 21.1. The third-order valence-electron chi connectivity index (χ3n) is 9.04. The molecule has 222 valence electrons. The summed E-state index contributed by atoms with van der Waals surface area (Å²) < 4.78 is 0. The molecule has 2 atom stereocenters. The number of benzene rings is 4. The van der Waals surface area contributed by atoms with Crippen LogP contribution >= 0.6 is 0 Å². The van der Waals surface area contributed by atoms with Gasteiger partial charge < -0.3 is 20.4 Å². The van der Waals surface area contributed by atoms with E-state index in [2.05, 4.69) is 75.0 Å². The minimum absolute atomic E-state index is 0.0132. The van der Waals surface area contributed by atoms with Crippen LogP contribution in [0.4, 0.5) is 0 Å². The molecule has 2 saturated heterocycles. The van der Waals surface area contributed by atoms with E-state index in [-0.39, 0.29) is 29.8 Å².